The predicted molar refractivity (Wildman–Crippen MR) is 78.2 cm³/mol. The number of hydrogen-bond donors (Lipinski definition) is 1. The summed E-state index contributed by atoms with van der Waals surface area (Å²) in [5.74, 6) is 0.424. The van der Waals surface area contributed by atoms with Gasteiger partial charge in [-0.05, 0) is 37.8 Å². The van der Waals surface area contributed by atoms with E-state index in [1.54, 1.807) is 12.1 Å². The fraction of sp³-hybridized carbons (Fsp3) is 0.533. The van der Waals surface area contributed by atoms with Crippen molar-refractivity contribution in [3.63, 3.8) is 0 Å². The van der Waals surface area contributed by atoms with E-state index in [0.717, 1.165) is 25.7 Å². The molecular weight excluding hydrogens is 274 g/mol. The molecule has 4 nitrogen and oxygen atoms in total. The number of carbonyl (C=O) groups is 1. The largest absolute Gasteiger partial charge is 0.295 e. The number of sulfonamides is 1. The predicted octanol–water partition coefficient (Wildman–Crippen LogP) is 2.75. The van der Waals surface area contributed by atoms with Gasteiger partial charge in [0, 0.05) is 11.6 Å². The van der Waals surface area contributed by atoms with Crippen LogP contribution in [0.4, 0.5) is 0 Å². The molecule has 0 heterocycles. The van der Waals surface area contributed by atoms with E-state index in [9.17, 15) is 13.2 Å². The molecule has 2 rings (SSSR count). The number of Topliss-reactive ketones (excluding diaryl/α,β-unsaturated/α-hetero) is 1. The van der Waals surface area contributed by atoms with Crippen LogP contribution in [0.1, 0.15) is 49.9 Å². The van der Waals surface area contributed by atoms with Crippen LogP contribution < -0.4 is 4.72 Å². The maximum atomic E-state index is 12.4. The third-order valence-corrected chi connectivity index (χ3v) is 5.33. The van der Waals surface area contributed by atoms with Crippen LogP contribution in [0, 0.1) is 5.92 Å². The van der Waals surface area contributed by atoms with Gasteiger partial charge in [0.1, 0.15) is 0 Å². The summed E-state index contributed by atoms with van der Waals surface area (Å²) < 4.78 is 27.5. The van der Waals surface area contributed by atoms with Crippen LogP contribution in [-0.4, -0.2) is 20.2 Å². The van der Waals surface area contributed by atoms with Gasteiger partial charge < -0.3 is 0 Å². The van der Waals surface area contributed by atoms with Crippen molar-refractivity contribution >= 4 is 15.8 Å². The van der Waals surface area contributed by atoms with Crippen molar-refractivity contribution in [1.29, 1.82) is 0 Å². The van der Waals surface area contributed by atoms with Gasteiger partial charge in [0.2, 0.25) is 10.0 Å². The van der Waals surface area contributed by atoms with Crippen molar-refractivity contribution in [2.24, 2.45) is 5.92 Å². The van der Waals surface area contributed by atoms with Crippen molar-refractivity contribution in [3.05, 3.63) is 29.8 Å². The van der Waals surface area contributed by atoms with Crippen LogP contribution in [0.2, 0.25) is 0 Å². The zero-order chi connectivity index (χ0) is 14.8. The Bertz CT molecular complexity index is 595. The molecule has 1 saturated carbocycles. The molecule has 1 N–H and O–H groups in total. The lowest BCUT2D eigenvalue weighted by molar-refractivity contribution is 0.101. The molecule has 1 aromatic rings. The van der Waals surface area contributed by atoms with Crippen LogP contribution in [0.25, 0.3) is 0 Å². The zero-order valence-electron chi connectivity index (χ0n) is 11.9. The number of rotatable bonds is 4. The highest BCUT2D eigenvalue weighted by Gasteiger charge is 2.24. The number of benzene rings is 1. The van der Waals surface area contributed by atoms with Crippen molar-refractivity contribution in [2.75, 3.05) is 0 Å². The van der Waals surface area contributed by atoms with E-state index in [1.807, 2.05) is 0 Å². The number of hydrogen-bond acceptors (Lipinski definition) is 3. The molecule has 0 radical (unpaired) electrons. The van der Waals surface area contributed by atoms with Crippen molar-refractivity contribution in [1.82, 2.24) is 4.72 Å². The summed E-state index contributed by atoms with van der Waals surface area (Å²) in [7, 11) is -3.54. The highest BCUT2D eigenvalue weighted by Crippen LogP contribution is 2.25. The summed E-state index contributed by atoms with van der Waals surface area (Å²) in [6.07, 6.45) is 3.99. The molecule has 0 spiro atoms. The normalized spacial score (nSPS) is 23.5. The van der Waals surface area contributed by atoms with E-state index in [4.69, 9.17) is 0 Å². The van der Waals surface area contributed by atoms with Gasteiger partial charge in [-0.1, -0.05) is 31.9 Å². The SMILES string of the molecule is CC(=O)c1cccc(S(=O)(=O)NC2CCCC(C)C2)c1. The topological polar surface area (TPSA) is 63.2 Å². The average Bonchev–Trinajstić information content (AvgIpc) is 2.38. The summed E-state index contributed by atoms with van der Waals surface area (Å²) in [4.78, 5) is 11.5. The van der Waals surface area contributed by atoms with Crippen molar-refractivity contribution < 1.29 is 13.2 Å². The zero-order valence-corrected chi connectivity index (χ0v) is 12.7. The van der Waals surface area contributed by atoms with Crippen molar-refractivity contribution in [3.8, 4) is 0 Å². The Balaban J connectivity index is 2.17. The van der Waals surface area contributed by atoms with Crippen LogP contribution in [0.3, 0.4) is 0 Å². The third kappa shape index (κ3) is 3.67. The molecule has 1 fully saturated rings. The summed E-state index contributed by atoms with van der Waals surface area (Å²) >= 11 is 0. The van der Waals surface area contributed by atoms with Gasteiger partial charge in [-0.2, -0.15) is 0 Å². The minimum Gasteiger partial charge on any atom is -0.295 e. The van der Waals surface area contributed by atoms with Crippen LogP contribution in [-0.2, 0) is 10.0 Å². The molecule has 1 aliphatic rings. The van der Waals surface area contributed by atoms with Gasteiger partial charge in [-0.3, -0.25) is 4.79 Å². The molecule has 20 heavy (non-hydrogen) atoms. The number of ketones is 1. The summed E-state index contributed by atoms with van der Waals surface area (Å²) in [6, 6.07) is 6.21. The third-order valence-electron chi connectivity index (χ3n) is 3.81. The Labute approximate surface area is 120 Å². The van der Waals surface area contributed by atoms with E-state index in [-0.39, 0.29) is 16.7 Å². The maximum absolute atomic E-state index is 12.4. The molecule has 1 aliphatic carbocycles. The molecule has 0 aromatic heterocycles. The molecule has 2 atom stereocenters. The van der Waals surface area contributed by atoms with Gasteiger partial charge in [0.15, 0.2) is 5.78 Å². The maximum Gasteiger partial charge on any atom is 0.240 e. The van der Waals surface area contributed by atoms with E-state index in [2.05, 4.69) is 11.6 Å². The smallest absolute Gasteiger partial charge is 0.240 e. The lowest BCUT2D eigenvalue weighted by Gasteiger charge is -2.27. The van der Waals surface area contributed by atoms with Crippen molar-refractivity contribution in [2.45, 2.75) is 50.5 Å². The first-order valence-corrected chi connectivity index (χ1v) is 8.50. The highest BCUT2D eigenvalue weighted by molar-refractivity contribution is 7.89. The fourth-order valence-electron chi connectivity index (χ4n) is 2.71. The van der Waals surface area contributed by atoms with Crippen LogP contribution in [0.5, 0.6) is 0 Å². The first-order chi connectivity index (χ1) is 9.38. The van der Waals surface area contributed by atoms with Gasteiger partial charge in [-0.25, -0.2) is 13.1 Å². The molecule has 0 amide bonds. The standard InChI is InChI=1S/C15H21NO3S/c1-11-5-3-7-14(9-11)16-20(18,19)15-8-4-6-13(10-15)12(2)17/h4,6,8,10-11,14,16H,3,5,7,9H2,1-2H3. The number of carbonyl (C=O) groups excluding carboxylic acids is 1. The minimum absolute atomic E-state index is 0.00438. The monoisotopic (exact) mass is 295 g/mol. The molecule has 0 saturated heterocycles. The van der Waals surface area contributed by atoms with E-state index < -0.39 is 10.0 Å². The van der Waals surface area contributed by atoms with E-state index >= 15 is 0 Å². The highest BCUT2D eigenvalue weighted by atomic mass is 32.2. The molecule has 1 aromatic carbocycles. The lowest BCUT2D eigenvalue weighted by atomic mass is 9.88. The molecule has 2 unspecified atom stereocenters. The molecule has 5 heteroatoms. The van der Waals surface area contributed by atoms with Gasteiger partial charge >= 0.3 is 0 Å². The second-order valence-electron chi connectivity index (χ2n) is 5.67. The summed E-state index contributed by atoms with van der Waals surface area (Å²) in [5, 5.41) is 0. The average molecular weight is 295 g/mol. The Morgan fingerprint density at radius 2 is 2.05 bits per heavy atom. The fourth-order valence-corrected chi connectivity index (χ4v) is 4.04. The van der Waals surface area contributed by atoms with E-state index in [0.29, 0.717) is 11.5 Å². The van der Waals surface area contributed by atoms with Crippen LogP contribution >= 0.6 is 0 Å². The van der Waals surface area contributed by atoms with Gasteiger partial charge in [0.05, 0.1) is 4.90 Å². The lowest BCUT2D eigenvalue weighted by Crippen LogP contribution is -2.37. The summed E-state index contributed by atoms with van der Waals surface area (Å²) in [6.45, 7) is 3.58. The molecule has 0 bridgehead atoms. The first-order valence-electron chi connectivity index (χ1n) is 7.02. The molecular formula is C15H21NO3S. The Morgan fingerprint density at radius 1 is 1.30 bits per heavy atom. The quantitative estimate of drug-likeness (QED) is 0.869. The first kappa shape index (κ1) is 15.2. The Morgan fingerprint density at radius 3 is 2.70 bits per heavy atom. The minimum atomic E-state index is -3.54. The summed E-state index contributed by atoms with van der Waals surface area (Å²) in [5.41, 5.74) is 0.421. The second-order valence-corrected chi connectivity index (χ2v) is 7.39. The van der Waals surface area contributed by atoms with Gasteiger partial charge in [-0.15, -0.1) is 0 Å². The molecule has 110 valence electrons. The van der Waals surface area contributed by atoms with Gasteiger partial charge in [0.25, 0.3) is 0 Å². The Hall–Kier alpha value is -1.20. The number of nitrogens with one attached hydrogen (secondary N) is 1. The van der Waals surface area contributed by atoms with Crippen LogP contribution in [0.15, 0.2) is 29.2 Å². The second kappa shape index (κ2) is 6.06. The Kier molecular flexibility index (Phi) is 4.60. The molecule has 0 aliphatic heterocycles. The van der Waals surface area contributed by atoms with E-state index in [1.165, 1.54) is 19.1 Å².